The fourth-order valence-electron chi connectivity index (χ4n) is 2.08. The van der Waals surface area contributed by atoms with E-state index in [0.29, 0.717) is 18.0 Å². The van der Waals surface area contributed by atoms with Crippen LogP contribution in [0.1, 0.15) is 29.8 Å². The molecule has 7 heteroatoms. The van der Waals surface area contributed by atoms with E-state index in [-0.39, 0.29) is 22.9 Å². The number of carbonyl (C=O) groups is 1. The van der Waals surface area contributed by atoms with Gasteiger partial charge in [0.2, 0.25) is 10.0 Å². The summed E-state index contributed by atoms with van der Waals surface area (Å²) >= 11 is 0. The van der Waals surface area contributed by atoms with Crippen molar-refractivity contribution in [3.63, 3.8) is 0 Å². The van der Waals surface area contributed by atoms with Crippen LogP contribution < -0.4 is 10.0 Å². The number of carbonyl (C=O) groups excluding carboxylic acids is 1. The second-order valence-corrected chi connectivity index (χ2v) is 7.81. The molecule has 0 spiro atoms. The number of amides is 1. The molecule has 5 nitrogen and oxygen atoms in total. The van der Waals surface area contributed by atoms with Crippen molar-refractivity contribution in [1.82, 2.24) is 10.0 Å². The summed E-state index contributed by atoms with van der Waals surface area (Å²) in [4.78, 5) is 12.0. The zero-order valence-electron chi connectivity index (χ0n) is 14.1. The van der Waals surface area contributed by atoms with Gasteiger partial charge in [0.05, 0.1) is 4.90 Å². The summed E-state index contributed by atoms with van der Waals surface area (Å²) in [6.45, 7) is 4.36. The Balaban J connectivity index is 2.05. The quantitative estimate of drug-likeness (QED) is 0.793. The molecule has 134 valence electrons. The second kappa shape index (κ2) is 8.22. The molecule has 0 saturated carbocycles. The highest BCUT2D eigenvalue weighted by Gasteiger charge is 2.15. The number of hydrogen-bond acceptors (Lipinski definition) is 3. The topological polar surface area (TPSA) is 75.3 Å². The molecule has 0 unspecified atom stereocenters. The Labute approximate surface area is 147 Å². The largest absolute Gasteiger partial charge is 0.352 e. The third-order valence-electron chi connectivity index (χ3n) is 3.51. The summed E-state index contributed by atoms with van der Waals surface area (Å²) in [5, 5.41) is 2.76. The average Bonchev–Trinajstić information content (AvgIpc) is 2.59. The van der Waals surface area contributed by atoms with E-state index in [2.05, 4.69) is 10.0 Å². The standard InChI is InChI=1S/C18H21FN2O3S/c1-13(2)11-20-18(22)14-7-9-16(10-8-14)25(23,24)21-12-15-5-3-4-6-17(15)19/h3-10,13,21H,11-12H2,1-2H3,(H,20,22). The minimum absolute atomic E-state index is 0.0178. The summed E-state index contributed by atoms with van der Waals surface area (Å²) in [5.74, 6) is -0.398. The van der Waals surface area contributed by atoms with E-state index in [1.165, 1.54) is 42.5 Å². The van der Waals surface area contributed by atoms with Gasteiger partial charge in [-0.25, -0.2) is 17.5 Å². The molecule has 2 N–H and O–H groups in total. The van der Waals surface area contributed by atoms with E-state index >= 15 is 0 Å². The molecular weight excluding hydrogens is 343 g/mol. The van der Waals surface area contributed by atoms with Crippen LogP contribution in [0.15, 0.2) is 53.4 Å². The Morgan fingerprint density at radius 2 is 1.72 bits per heavy atom. The average molecular weight is 364 g/mol. The van der Waals surface area contributed by atoms with Gasteiger partial charge >= 0.3 is 0 Å². The highest BCUT2D eigenvalue weighted by atomic mass is 32.2. The van der Waals surface area contributed by atoms with Crippen molar-refractivity contribution in [2.45, 2.75) is 25.3 Å². The van der Waals surface area contributed by atoms with Gasteiger partial charge in [0.15, 0.2) is 0 Å². The van der Waals surface area contributed by atoms with E-state index in [9.17, 15) is 17.6 Å². The Morgan fingerprint density at radius 3 is 2.32 bits per heavy atom. The maximum absolute atomic E-state index is 13.6. The van der Waals surface area contributed by atoms with Crippen LogP contribution in [0.2, 0.25) is 0 Å². The van der Waals surface area contributed by atoms with Crippen LogP contribution >= 0.6 is 0 Å². The number of sulfonamides is 1. The number of hydrogen-bond donors (Lipinski definition) is 2. The van der Waals surface area contributed by atoms with Gasteiger partial charge in [-0.3, -0.25) is 4.79 Å². The molecule has 0 aromatic heterocycles. The lowest BCUT2D eigenvalue weighted by atomic mass is 10.2. The van der Waals surface area contributed by atoms with Crippen LogP contribution in [0.3, 0.4) is 0 Å². The molecule has 2 aromatic rings. The Hall–Kier alpha value is -2.25. The molecule has 25 heavy (non-hydrogen) atoms. The van der Waals surface area contributed by atoms with Gasteiger partial charge in [0.1, 0.15) is 5.82 Å². The molecule has 1 amide bonds. The Bertz CT molecular complexity index is 834. The fraction of sp³-hybridized carbons (Fsp3) is 0.278. The van der Waals surface area contributed by atoms with Crippen LogP contribution in [0.4, 0.5) is 4.39 Å². The Morgan fingerprint density at radius 1 is 1.08 bits per heavy atom. The molecule has 0 bridgehead atoms. The molecule has 0 radical (unpaired) electrons. The van der Waals surface area contributed by atoms with Crippen molar-refractivity contribution in [1.29, 1.82) is 0 Å². The third kappa shape index (κ3) is 5.37. The zero-order valence-corrected chi connectivity index (χ0v) is 14.9. The summed E-state index contributed by atoms with van der Waals surface area (Å²) in [7, 11) is -3.79. The van der Waals surface area contributed by atoms with Gasteiger partial charge in [-0.15, -0.1) is 0 Å². The first kappa shape index (κ1) is 19.1. The van der Waals surface area contributed by atoms with E-state index in [0.717, 1.165) is 0 Å². The van der Waals surface area contributed by atoms with Crippen LogP contribution in [0.5, 0.6) is 0 Å². The predicted molar refractivity (Wildman–Crippen MR) is 94.0 cm³/mol. The predicted octanol–water partition coefficient (Wildman–Crippen LogP) is 2.69. The van der Waals surface area contributed by atoms with Gasteiger partial charge < -0.3 is 5.32 Å². The smallest absolute Gasteiger partial charge is 0.251 e. The maximum atomic E-state index is 13.6. The molecule has 0 aliphatic carbocycles. The normalized spacial score (nSPS) is 11.5. The van der Waals surface area contributed by atoms with Crippen molar-refractivity contribution >= 4 is 15.9 Å². The van der Waals surface area contributed by atoms with Gasteiger partial charge in [0.25, 0.3) is 5.91 Å². The second-order valence-electron chi connectivity index (χ2n) is 6.04. The third-order valence-corrected chi connectivity index (χ3v) is 4.93. The number of nitrogens with one attached hydrogen (secondary N) is 2. The molecule has 0 heterocycles. The van der Waals surface area contributed by atoms with Crippen LogP contribution in [-0.2, 0) is 16.6 Å². The first-order valence-electron chi connectivity index (χ1n) is 7.91. The maximum Gasteiger partial charge on any atom is 0.251 e. The first-order valence-corrected chi connectivity index (χ1v) is 9.39. The van der Waals surface area contributed by atoms with E-state index in [4.69, 9.17) is 0 Å². The molecule has 2 rings (SSSR count). The summed E-state index contributed by atoms with van der Waals surface area (Å²) in [6.07, 6.45) is 0. The zero-order chi connectivity index (χ0) is 18.4. The summed E-state index contributed by atoms with van der Waals surface area (Å²) < 4.78 is 40.5. The molecule has 0 atom stereocenters. The van der Waals surface area contributed by atoms with Crippen LogP contribution in [-0.4, -0.2) is 20.9 Å². The van der Waals surface area contributed by atoms with Gasteiger partial charge in [0, 0.05) is 24.2 Å². The number of halogens is 1. The number of benzene rings is 2. The monoisotopic (exact) mass is 364 g/mol. The highest BCUT2D eigenvalue weighted by molar-refractivity contribution is 7.89. The van der Waals surface area contributed by atoms with Gasteiger partial charge in [-0.2, -0.15) is 0 Å². The molecule has 2 aromatic carbocycles. The fourth-order valence-corrected chi connectivity index (χ4v) is 3.09. The summed E-state index contributed by atoms with van der Waals surface area (Å²) in [5.41, 5.74) is 0.643. The molecule has 0 fully saturated rings. The minimum Gasteiger partial charge on any atom is -0.352 e. The van der Waals surface area contributed by atoms with Crippen molar-refractivity contribution in [3.8, 4) is 0 Å². The van der Waals surface area contributed by atoms with Crippen molar-refractivity contribution < 1.29 is 17.6 Å². The van der Waals surface area contributed by atoms with Crippen LogP contribution in [0, 0.1) is 11.7 Å². The summed E-state index contributed by atoms with van der Waals surface area (Å²) in [6, 6.07) is 11.6. The van der Waals surface area contributed by atoms with Crippen molar-refractivity contribution in [2.24, 2.45) is 5.92 Å². The van der Waals surface area contributed by atoms with Crippen molar-refractivity contribution in [2.75, 3.05) is 6.54 Å². The van der Waals surface area contributed by atoms with E-state index in [1.807, 2.05) is 13.8 Å². The minimum atomic E-state index is -3.79. The first-order chi connectivity index (χ1) is 11.8. The molecule has 0 aliphatic rings. The molecule has 0 aliphatic heterocycles. The highest BCUT2D eigenvalue weighted by Crippen LogP contribution is 2.13. The molecular formula is C18H21FN2O3S. The van der Waals surface area contributed by atoms with E-state index < -0.39 is 15.8 Å². The van der Waals surface area contributed by atoms with E-state index in [1.54, 1.807) is 6.07 Å². The number of rotatable bonds is 7. The lowest BCUT2D eigenvalue weighted by Gasteiger charge is -2.10. The van der Waals surface area contributed by atoms with Crippen LogP contribution in [0.25, 0.3) is 0 Å². The lowest BCUT2D eigenvalue weighted by molar-refractivity contribution is 0.0949. The van der Waals surface area contributed by atoms with Gasteiger partial charge in [-0.05, 0) is 36.2 Å². The Kier molecular flexibility index (Phi) is 6.27. The SMILES string of the molecule is CC(C)CNC(=O)c1ccc(S(=O)(=O)NCc2ccccc2F)cc1. The van der Waals surface area contributed by atoms with Crippen molar-refractivity contribution in [3.05, 3.63) is 65.5 Å². The molecule has 0 saturated heterocycles. The van der Waals surface area contributed by atoms with Gasteiger partial charge in [-0.1, -0.05) is 32.0 Å². The lowest BCUT2D eigenvalue weighted by Crippen LogP contribution is -2.27.